The topological polar surface area (TPSA) is 126 Å². The Hall–Kier alpha value is -1.74. The highest BCUT2D eigenvalue weighted by molar-refractivity contribution is 7.89. The van der Waals surface area contributed by atoms with Crippen LogP contribution >= 0.6 is 0 Å². The number of hydrogen-bond donors (Lipinski definition) is 4. The summed E-state index contributed by atoms with van der Waals surface area (Å²) in [5, 5.41) is 19.0. The molecule has 5 N–H and O–H groups in total. The molecule has 1 heterocycles. The number of nitrogens with two attached hydrogens (primary N) is 1. The lowest BCUT2D eigenvalue weighted by molar-refractivity contribution is 0.122. The summed E-state index contributed by atoms with van der Waals surface area (Å²) in [5.74, 6) is 0. The van der Waals surface area contributed by atoms with Crippen molar-refractivity contribution >= 4 is 26.6 Å². The Morgan fingerprint density at radius 1 is 1.29 bits per heavy atom. The Balaban J connectivity index is 2.59. The summed E-state index contributed by atoms with van der Waals surface area (Å²) >= 11 is 0. The molecule has 2 aromatic rings. The fourth-order valence-corrected chi connectivity index (χ4v) is 3.43. The molecule has 0 saturated heterocycles. The zero-order chi connectivity index (χ0) is 15.7. The number of aliphatic hydroxyl groups excluding tert-OH is 2. The number of benzene rings is 1. The molecule has 0 atom stereocenters. The van der Waals surface area contributed by atoms with Gasteiger partial charge >= 0.3 is 0 Å². The van der Waals surface area contributed by atoms with Crippen LogP contribution in [0.3, 0.4) is 0 Å². The first-order valence-electron chi connectivity index (χ1n) is 6.22. The van der Waals surface area contributed by atoms with E-state index in [-0.39, 0.29) is 10.4 Å². The average molecular weight is 311 g/mol. The van der Waals surface area contributed by atoms with Gasteiger partial charge in [-0.05, 0) is 31.2 Å². The number of hydrogen-bond acceptors (Lipinski definition) is 6. The molecular weight excluding hydrogens is 294 g/mol. The Morgan fingerprint density at radius 2 is 1.95 bits per heavy atom. The molecule has 0 unspecified atom stereocenters. The minimum atomic E-state index is -3.97. The largest absolute Gasteiger partial charge is 0.398 e. The molecule has 0 bridgehead atoms. The lowest BCUT2D eigenvalue weighted by Crippen LogP contribution is -2.51. The predicted octanol–water partition coefficient (Wildman–Crippen LogP) is -0.161. The number of aliphatic hydroxyl groups is 2. The normalized spacial score (nSPS) is 12.7. The summed E-state index contributed by atoms with van der Waals surface area (Å²) in [6.07, 6.45) is 1.47. The maximum absolute atomic E-state index is 12.5. The van der Waals surface area contributed by atoms with Gasteiger partial charge in [-0.3, -0.25) is 4.98 Å². The number of nitrogen functional groups attached to an aromatic ring is 1. The van der Waals surface area contributed by atoms with Crippen LogP contribution in [-0.4, -0.2) is 42.4 Å². The fraction of sp³-hybridized carbons (Fsp3) is 0.308. The number of anilines is 1. The van der Waals surface area contributed by atoms with Crippen molar-refractivity contribution in [3.63, 3.8) is 0 Å². The quantitative estimate of drug-likeness (QED) is 0.568. The average Bonchev–Trinajstić information content (AvgIpc) is 2.47. The van der Waals surface area contributed by atoms with Gasteiger partial charge < -0.3 is 15.9 Å². The number of nitrogens with one attached hydrogen (secondary N) is 1. The third kappa shape index (κ3) is 2.98. The molecule has 0 spiro atoms. The first-order valence-corrected chi connectivity index (χ1v) is 7.70. The van der Waals surface area contributed by atoms with Crippen molar-refractivity contribution in [3.8, 4) is 0 Å². The van der Waals surface area contributed by atoms with Crippen molar-refractivity contribution in [1.29, 1.82) is 0 Å². The first kappa shape index (κ1) is 15.6. The van der Waals surface area contributed by atoms with Crippen molar-refractivity contribution in [3.05, 3.63) is 30.5 Å². The van der Waals surface area contributed by atoms with Gasteiger partial charge in [0.25, 0.3) is 0 Å². The van der Waals surface area contributed by atoms with Crippen molar-refractivity contribution in [2.75, 3.05) is 18.9 Å². The van der Waals surface area contributed by atoms with Gasteiger partial charge in [-0.25, -0.2) is 13.1 Å². The van der Waals surface area contributed by atoms with E-state index in [1.807, 2.05) is 0 Å². The Kier molecular flexibility index (Phi) is 4.15. The maximum Gasteiger partial charge on any atom is 0.243 e. The molecule has 21 heavy (non-hydrogen) atoms. The number of pyridine rings is 1. The molecule has 0 aliphatic rings. The van der Waals surface area contributed by atoms with E-state index in [2.05, 4.69) is 9.71 Å². The molecule has 0 amide bonds. The first-order chi connectivity index (χ1) is 9.83. The highest BCUT2D eigenvalue weighted by Gasteiger charge is 2.30. The Bertz CT molecular complexity index is 757. The van der Waals surface area contributed by atoms with E-state index in [1.54, 1.807) is 12.1 Å². The van der Waals surface area contributed by atoms with E-state index >= 15 is 0 Å². The van der Waals surface area contributed by atoms with Gasteiger partial charge in [0, 0.05) is 17.3 Å². The van der Waals surface area contributed by atoms with E-state index < -0.39 is 28.8 Å². The van der Waals surface area contributed by atoms with Crippen molar-refractivity contribution < 1.29 is 18.6 Å². The van der Waals surface area contributed by atoms with Crippen LogP contribution < -0.4 is 10.5 Å². The summed E-state index contributed by atoms with van der Waals surface area (Å²) in [5.41, 5.74) is 5.11. The van der Waals surface area contributed by atoms with Crippen LogP contribution in [0.15, 0.2) is 35.4 Å². The monoisotopic (exact) mass is 311 g/mol. The molecule has 8 heteroatoms. The van der Waals surface area contributed by atoms with Gasteiger partial charge in [0.1, 0.15) is 4.90 Å². The van der Waals surface area contributed by atoms with Crippen LogP contribution in [0.4, 0.5) is 5.69 Å². The molecule has 0 aliphatic carbocycles. The standard InChI is InChI=1S/C13H17N3O4S/c1-13(7-17,8-18)16-21(19,20)11-5-4-10(14)9-3-2-6-15-12(9)11/h2-6,16-18H,7-8,14H2,1H3. The zero-order valence-electron chi connectivity index (χ0n) is 11.4. The van der Waals surface area contributed by atoms with Crippen LogP contribution in [-0.2, 0) is 10.0 Å². The lowest BCUT2D eigenvalue weighted by atomic mass is 10.1. The Morgan fingerprint density at radius 3 is 2.57 bits per heavy atom. The molecule has 0 aliphatic heterocycles. The second-order valence-electron chi connectivity index (χ2n) is 5.03. The Labute approximate surface area is 122 Å². The molecule has 114 valence electrons. The number of nitrogens with zero attached hydrogens (tertiary/aromatic N) is 1. The van der Waals surface area contributed by atoms with Crippen molar-refractivity contribution in [1.82, 2.24) is 9.71 Å². The number of rotatable bonds is 5. The van der Waals surface area contributed by atoms with Gasteiger partial charge in [-0.1, -0.05) is 0 Å². The molecule has 1 aromatic heterocycles. The highest BCUT2D eigenvalue weighted by atomic mass is 32.2. The lowest BCUT2D eigenvalue weighted by Gasteiger charge is -2.26. The third-order valence-electron chi connectivity index (χ3n) is 3.13. The van der Waals surface area contributed by atoms with E-state index in [1.165, 1.54) is 25.3 Å². The summed E-state index contributed by atoms with van der Waals surface area (Å²) < 4.78 is 27.2. The second kappa shape index (κ2) is 5.57. The molecule has 0 saturated carbocycles. The van der Waals surface area contributed by atoms with Gasteiger partial charge in [0.15, 0.2) is 0 Å². The molecule has 0 fully saturated rings. The van der Waals surface area contributed by atoms with Crippen LogP contribution in [0, 0.1) is 0 Å². The van der Waals surface area contributed by atoms with Crippen LogP contribution in [0.2, 0.25) is 0 Å². The predicted molar refractivity (Wildman–Crippen MR) is 79.1 cm³/mol. The number of sulfonamides is 1. The van der Waals surface area contributed by atoms with Gasteiger partial charge in [0.05, 0.1) is 24.3 Å². The van der Waals surface area contributed by atoms with E-state index in [0.29, 0.717) is 11.1 Å². The van der Waals surface area contributed by atoms with E-state index in [9.17, 15) is 18.6 Å². The van der Waals surface area contributed by atoms with Crippen LogP contribution in [0.1, 0.15) is 6.92 Å². The van der Waals surface area contributed by atoms with Gasteiger partial charge in [0.2, 0.25) is 10.0 Å². The third-order valence-corrected chi connectivity index (χ3v) is 4.80. The summed E-state index contributed by atoms with van der Waals surface area (Å²) in [4.78, 5) is 4.01. The second-order valence-corrected chi connectivity index (χ2v) is 6.69. The maximum atomic E-state index is 12.5. The van der Waals surface area contributed by atoms with Crippen molar-refractivity contribution in [2.24, 2.45) is 0 Å². The fourth-order valence-electron chi connectivity index (χ4n) is 1.88. The SMILES string of the molecule is CC(CO)(CO)NS(=O)(=O)c1ccc(N)c2cccnc12. The highest BCUT2D eigenvalue weighted by Crippen LogP contribution is 2.26. The minimum absolute atomic E-state index is 0.0552. The number of fused-ring (bicyclic) bond motifs is 1. The van der Waals surface area contributed by atoms with Crippen molar-refractivity contribution in [2.45, 2.75) is 17.4 Å². The minimum Gasteiger partial charge on any atom is -0.398 e. The molecule has 1 aromatic carbocycles. The molecule has 2 rings (SSSR count). The molecule has 7 nitrogen and oxygen atoms in total. The molecular formula is C13H17N3O4S. The molecule has 0 radical (unpaired) electrons. The summed E-state index contributed by atoms with van der Waals surface area (Å²) in [6.45, 7) is 0.323. The van der Waals surface area contributed by atoms with Gasteiger partial charge in [-0.15, -0.1) is 0 Å². The van der Waals surface area contributed by atoms with Crippen LogP contribution in [0.5, 0.6) is 0 Å². The van der Waals surface area contributed by atoms with E-state index in [0.717, 1.165) is 0 Å². The van der Waals surface area contributed by atoms with Gasteiger partial charge in [-0.2, -0.15) is 0 Å². The summed E-state index contributed by atoms with van der Waals surface area (Å²) in [7, 11) is -3.97. The smallest absolute Gasteiger partial charge is 0.243 e. The zero-order valence-corrected chi connectivity index (χ0v) is 12.3. The van der Waals surface area contributed by atoms with E-state index in [4.69, 9.17) is 5.73 Å². The summed E-state index contributed by atoms with van der Waals surface area (Å²) in [6, 6.07) is 6.16. The van der Waals surface area contributed by atoms with Crippen LogP contribution in [0.25, 0.3) is 10.9 Å². The number of aromatic nitrogens is 1.